The SMILES string of the molecule is O=C1CC[C@H]2c3ccc4ccccc4c3CCN12. The van der Waals surface area contributed by atoms with E-state index < -0.39 is 0 Å². The predicted molar refractivity (Wildman–Crippen MR) is 71.3 cm³/mol. The van der Waals surface area contributed by atoms with Crippen LogP contribution in [0.2, 0.25) is 0 Å². The van der Waals surface area contributed by atoms with Crippen LogP contribution < -0.4 is 0 Å². The molecule has 0 bridgehead atoms. The molecular weight excluding hydrogens is 222 g/mol. The third kappa shape index (κ3) is 1.26. The van der Waals surface area contributed by atoms with Crippen LogP contribution in [-0.2, 0) is 11.2 Å². The fourth-order valence-corrected chi connectivity index (χ4v) is 3.51. The Bertz CT molecular complexity index is 647. The van der Waals surface area contributed by atoms with Gasteiger partial charge in [0.1, 0.15) is 0 Å². The summed E-state index contributed by atoms with van der Waals surface area (Å²) in [5.41, 5.74) is 2.84. The summed E-state index contributed by atoms with van der Waals surface area (Å²) >= 11 is 0. The second-order valence-corrected chi connectivity index (χ2v) is 5.25. The summed E-state index contributed by atoms with van der Waals surface area (Å²) in [5.74, 6) is 0.332. The van der Waals surface area contributed by atoms with Crippen LogP contribution >= 0.6 is 0 Å². The molecule has 0 radical (unpaired) electrons. The summed E-state index contributed by atoms with van der Waals surface area (Å²) in [6.45, 7) is 0.893. The van der Waals surface area contributed by atoms with Gasteiger partial charge in [0, 0.05) is 13.0 Å². The highest BCUT2D eigenvalue weighted by Gasteiger charge is 2.36. The van der Waals surface area contributed by atoms with Crippen LogP contribution in [0.1, 0.15) is 30.0 Å². The fraction of sp³-hybridized carbons (Fsp3) is 0.312. The van der Waals surface area contributed by atoms with Gasteiger partial charge in [0.05, 0.1) is 6.04 Å². The van der Waals surface area contributed by atoms with E-state index in [1.54, 1.807) is 0 Å². The molecule has 0 spiro atoms. The molecule has 2 heteroatoms. The second-order valence-electron chi connectivity index (χ2n) is 5.25. The molecule has 1 amide bonds. The first-order chi connectivity index (χ1) is 8.84. The predicted octanol–water partition coefficient (Wildman–Crippen LogP) is 3.06. The van der Waals surface area contributed by atoms with E-state index >= 15 is 0 Å². The number of carbonyl (C=O) groups excluding carboxylic acids is 1. The highest BCUT2D eigenvalue weighted by Crippen LogP contribution is 2.40. The Morgan fingerprint density at radius 1 is 1.06 bits per heavy atom. The normalized spacial score (nSPS) is 22.1. The lowest BCUT2D eigenvalue weighted by molar-refractivity contribution is -0.129. The number of nitrogens with zero attached hydrogens (tertiary/aromatic N) is 1. The van der Waals surface area contributed by atoms with E-state index in [-0.39, 0.29) is 0 Å². The minimum absolute atomic E-state index is 0.332. The van der Waals surface area contributed by atoms with E-state index in [9.17, 15) is 4.79 Å². The molecule has 2 aliphatic heterocycles. The van der Waals surface area contributed by atoms with Crippen molar-refractivity contribution >= 4 is 16.7 Å². The van der Waals surface area contributed by atoms with Gasteiger partial charge in [0.15, 0.2) is 0 Å². The Balaban J connectivity index is 1.94. The zero-order valence-electron chi connectivity index (χ0n) is 10.2. The van der Waals surface area contributed by atoms with Gasteiger partial charge in [-0.05, 0) is 34.7 Å². The Hall–Kier alpha value is -1.83. The Morgan fingerprint density at radius 2 is 1.94 bits per heavy atom. The van der Waals surface area contributed by atoms with E-state index in [1.165, 1.54) is 21.9 Å². The van der Waals surface area contributed by atoms with Gasteiger partial charge >= 0.3 is 0 Å². The standard InChI is InChI=1S/C16H15NO/c18-16-8-7-15-14-6-5-11-3-1-2-4-12(11)13(14)9-10-17(15)16/h1-6,15H,7-10H2/t15-/m0/s1. The topological polar surface area (TPSA) is 20.3 Å². The molecule has 2 aromatic rings. The molecule has 0 saturated carbocycles. The third-order valence-corrected chi connectivity index (χ3v) is 4.37. The number of carbonyl (C=O) groups is 1. The summed E-state index contributed by atoms with van der Waals surface area (Å²) in [6.07, 6.45) is 2.71. The molecule has 1 saturated heterocycles. The van der Waals surface area contributed by atoms with Gasteiger partial charge in [-0.1, -0.05) is 36.4 Å². The molecule has 2 aromatic carbocycles. The summed E-state index contributed by atoms with van der Waals surface area (Å²) in [7, 11) is 0. The van der Waals surface area contributed by atoms with Crippen molar-refractivity contribution in [3.05, 3.63) is 47.5 Å². The lowest BCUT2D eigenvalue weighted by Crippen LogP contribution is -2.34. The number of amides is 1. The van der Waals surface area contributed by atoms with Crippen molar-refractivity contribution in [1.82, 2.24) is 4.90 Å². The highest BCUT2D eigenvalue weighted by molar-refractivity contribution is 5.88. The molecule has 2 nitrogen and oxygen atoms in total. The van der Waals surface area contributed by atoms with Crippen LogP contribution in [0.4, 0.5) is 0 Å². The lowest BCUT2D eigenvalue weighted by Gasteiger charge is -2.32. The number of hydrogen-bond acceptors (Lipinski definition) is 1. The van der Waals surface area contributed by atoms with E-state index in [0.29, 0.717) is 11.9 Å². The maximum Gasteiger partial charge on any atom is 0.223 e. The van der Waals surface area contributed by atoms with Crippen molar-refractivity contribution in [3.8, 4) is 0 Å². The molecule has 2 aliphatic rings. The average molecular weight is 237 g/mol. The van der Waals surface area contributed by atoms with Gasteiger partial charge in [-0.2, -0.15) is 0 Å². The van der Waals surface area contributed by atoms with Gasteiger partial charge in [0.25, 0.3) is 0 Å². The first-order valence-corrected chi connectivity index (χ1v) is 6.64. The maximum atomic E-state index is 11.8. The van der Waals surface area contributed by atoms with Crippen molar-refractivity contribution in [1.29, 1.82) is 0 Å². The smallest absolute Gasteiger partial charge is 0.223 e. The fourth-order valence-electron chi connectivity index (χ4n) is 3.51. The van der Waals surface area contributed by atoms with Crippen molar-refractivity contribution in [2.45, 2.75) is 25.3 Å². The van der Waals surface area contributed by atoms with Crippen molar-refractivity contribution in [3.63, 3.8) is 0 Å². The number of hydrogen-bond donors (Lipinski definition) is 0. The van der Waals surface area contributed by atoms with E-state index in [0.717, 1.165) is 25.8 Å². The number of fused-ring (bicyclic) bond motifs is 5. The molecule has 18 heavy (non-hydrogen) atoms. The van der Waals surface area contributed by atoms with E-state index in [4.69, 9.17) is 0 Å². The molecule has 1 fully saturated rings. The Kier molecular flexibility index (Phi) is 2.01. The van der Waals surface area contributed by atoms with Crippen molar-refractivity contribution in [2.24, 2.45) is 0 Å². The minimum atomic E-state index is 0.332. The third-order valence-electron chi connectivity index (χ3n) is 4.37. The largest absolute Gasteiger partial charge is 0.335 e. The van der Waals surface area contributed by atoms with Gasteiger partial charge in [0.2, 0.25) is 5.91 Å². The molecule has 0 aliphatic carbocycles. The van der Waals surface area contributed by atoms with Crippen molar-refractivity contribution < 1.29 is 4.79 Å². The van der Waals surface area contributed by atoms with Crippen LogP contribution in [0.3, 0.4) is 0 Å². The Morgan fingerprint density at radius 3 is 2.89 bits per heavy atom. The van der Waals surface area contributed by atoms with Gasteiger partial charge in [-0.15, -0.1) is 0 Å². The first kappa shape index (κ1) is 10.1. The van der Waals surface area contributed by atoms with E-state index in [2.05, 4.69) is 41.3 Å². The molecule has 2 heterocycles. The zero-order chi connectivity index (χ0) is 12.1. The monoisotopic (exact) mass is 237 g/mol. The molecule has 4 rings (SSSR count). The molecule has 0 aromatic heterocycles. The number of rotatable bonds is 0. The summed E-state index contributed by atoms with van der Waals surface area (Å²) in [5, 5.41) is 2.68. The summed E-state index contributed by atoms with van der Waals surface area (Å²) in [4.78, 5) is 13.9. The van der Waals surface area contributed by atoms with Crippen molar-refractivity contribution in [2.75, 3.05) is 6.54 Å². The van der Waals surface area contributed by atoms with Crippen LogP contribution in [0.5, 0.6) is 0 Å². The van der Waals surface area contributed by atoms with Crippen LogP contribution in [0.25, 0.3) is 10.8 Å². The molecule has 0 N–H and O–H groups in total. The maximum absolute atomic E-state index is 11.8. The van der Waals surface area contributed by atoms with Gasteiger partial charge in [-0.25, -0.2) is 0 Å². The molecule has 90 valence electrons. The minimum Gasteiger partial charge on any atom is -0.335 e. The highest BCUT2D eigenvalue weighted by atomic mass is 16.2. The molecule has 0 unspecified atom stereocenters. The van der Waals surface area contributed by atoms with E-state index in [1.807, 2.05) is 0 Å². The second kappa shape index (κ2) is 3.58. The summed E-state index contributed by atoms with van der Waals surface area (Å²) < 4.78 is 0. The molecule has 1 atom stereocenters. The van der Waals surface area contributed by atoms with Crippen LogP contribution in [-0.4, -0.2) is 17.4 Å². The van der Waals surface area contributed by atoms with Gasteiger partial charge in [-0.3, -0.25) is 4.79 Å². The lowest BCUT2D eigenvalue weighted by atomic mass is 9.89. The number of benzene rings is 2. The van der Waals surface area contributed by atoms with Crippen LogP contribution in [0, 0.1) is 0 Å². The Labute approximate surface area is 106 Å². The van der Waals surface area contributed by atoms with Crippen LogP contribution in [0.15, 0.2) is 36.4 Å². The quantitative estimate of drug-likeness (QED) is 0.689. The summed E-state index contributed by atoms with van der Waals surface area (Å²) in [6, 6.07) is 13.3. The average Bonchev–Trinajstić information content (AvgIpc) is 2.80. The first-order valence-electron chi connectivity index (χ1n) is 6.64. The van der Waals surface area contributed by atoms with Gasteiger partial charge < -0.3 is 4.90 Å². The molecular formula is C16H15NO. The zero-order valence-corrected chi connectivity index (χ0v) is 10.2.